The summed E-state index contributed by atoms with van der Waals surface area (Å²) in [6.07, 6.45) is 1.05. The maximum Gasteiger partial charge on any atom is 0.123 e. The Morgan fingerprint density at radius 1 is 0.947 bits per heavy atom. The Kier molecular flexibility index (Phi) is 9.06. The maximum atomic E-state index is 5.71. The van der Waals surface area contributed by atoms with Crippen molar-refractivity contribution < 1.29 is 14.2 Å². The van der Waals surface area contributed by atoms with Gasteiger partial charge in [0, 0.05) is 18.7 Å². The predicted molar refractivity (Wildman–Crippen MR) is 76.6 cm³/mol. The van der Waals surface area contributed by atoms with Gasteiger partial charge in [0.25, 0.3) is 0 Å². The molecule has 4 nitrogen and oxygen atoms in total. The fraction of sp³-hybridized carbons (Fsp3) is 0.600. The van der Waals surface area contributed by atoms with Gasteiger partial charge in [-0.15, -0.1) is 0 Å². The van der Waals surface area contributed by atoms with E-state index in [1.165, 1.54) is 0 Å². The number of nitrogens with one attached hydrogen (secondary N) is 1. The molecule has 19 heavy (non-hydrogen) atoms. The molecule has 1 rings (SSSR count). The van der Waals surface area contributed by atoms with Crippen LogP contribution in [0, 0.1) is 0 Å². The van der Waals surface area contributed by atoms with Gasteiger partial charge in [0.2, 0.25) is 0 Å². The second-order valence-corrected chi connectivity index (χ2v) is 4.21. The Morgan fingerprint density at radius 3 is 2.37 bits per heavy atom. The Balaban J connectivity index is 2.12. The van der Waals surface area contributed by atoms with Crippen LogP contribution in [0.15, 0.2) is 24.3 Å². The largest absolute Gasteiger partial charge is 0.491 e. The van der Waals surface area contributed by atoms with Crippen LogP contribution in [0.2, 0.25) is 0 Å². The molecule has 0 heterocycles. The fourth-order valence-electron chi connectivity index (χ4n) is 1.66. The van der Waals surface area contributed by atoms with Crippen molar-refractivity contribution in [1.29, 1.82) is 0 Å². The molecule has 0 saturated carbocycles. The SMILES string of the molecule is CCCOCCOCCOc1ccccc1CNC. The zero-order valence-corrected chi connectivity index (χ0v) is 12.0. The molecule has 0 spiro atoms. The quantitative estimate of drug-likeness (QED) is 0.624. The highest BCUT2D eigenvalue weighted by atomic mass is 16.5. The van der Waals surface area contributed by atoms with Gasteiger partial charge in [0.1, 0.15) is 12.4 Å². The standard InChI is InChI=1S/C15H25NO3/c1-3-8-17-9-10-18-11-12-19-15-7-5-4-6-14(15)13-16-2/h4-7,16H,3,8-13H2,1-2H3. The van der Waals surface area contributed by atoms with Crippen LogP contribution in [-0.2, 0) is 16.0 Å². The van der Waals surface area contributed by atoms with Crippen LogP contribution in [-0.4, -0.2) is 40.1 Å². The third kappa shape index (κ3) is 7.15. The van der Waals surface area contributed by atoms with Gasteiger partial charge in [0.15, 0.2) is 0 Å². The number of hydrogen-bond donors (Lipinski definition) is 1. The van der Waals surface area contributed by atoms with Crippen molar-refractivity contribution in [3.05, 3.63) is 29.8 Å². The van der Waals surface area contributed by atoms with E-state index in [0.717, 1.165) is 30.9 Å². The van der Waals surface area contributed by atoms with E-state index in [9.17, 15) is 0 Å². The monoisotopic (exact) mass is 267 g/mol. The van der Waals surface area contributed by atoms with Crippen molar-refractivity contribution in [1.82, 2.24) is 5.32 Å². The molecular formula is C15H25NO3. The van der Waals surface area contributed by atoms with Crippen LogP contribution < -0.4 is 10.1 Å². The highest BCUT2D eigenvalue weighted by Crippen LogP contribution is 2.17. The average Bonchev–Trinajstić information content (AvgIpc) is 2.44. The number of benzene rings is 1. The Bertz CT molecular complexity index is 331. The van der Waals surface area contributed by atoms with Gasteiger partial charge in [-0.1, -0.05) is 25.1 Å². The van der Waals surface area contributed by atoms with Crippen molar-refractivity contribution in [3.8, 4) is 5.75 Å². The molecule has 4 heteroatoms. The second kappa shape index (κ2) is 10.8. The molecule has 0 aliphatic heterocycles. The van der Waals surface area contributed by atoms with Gasteiger partial charge in [-0.25, -0.2) is 0 Å². The molecule has 1 aromatic carbocycles. The van der Waals surface area contributed by atoms with Crippen molar-refractivity contribution in [2.75, 3.05) is 40.1 Å². The van der Waals surface area contributed by atoms with Crippen LogP contribution in [0.5, 0.6) is 5.75 Å². The summed E-state index contributed by atoms with van der Waals surface area (Å²) in [6, 6.07) is 8.04. The van der Waals surface area contributed by atoms with Gasteiger partial charge in [-0.2, -0.15) is 0 Å². The summed E-state index contributed by atoms with van der Waals surface area (Å²) < 4.78 is 16.5. The van der Waals surface area contributed by atoms with E-state index in [2.05, 4.69) is 18.3 Å². The minimum Gasteiger partial charge on any atom is -0.491 e. The second-order valence-electron chi connectivity index (χ2n) is 4.21. The minimum absolute atomic E-state index is 0.564. The smallest absolute Gasteiger partial charge is 0.123 e. The lowest BCUT2D eigenvalue weighted by molar-refractivity contribution is 0.0365. The molecule has 0 unspecified atom stereocenters. The number of para-hydroxylation sites is 1. The molecule has 1 N–H and O–H groups in total. The first-order chi connectivity index (χ1) is 9.38. The summed E-state index contributed by atoms with van der Waals surface area (Å²) in [6.45, 7) is 6.14. The molecule has 0 amide bonds. The Labute approximate surface area is 116 Å². The van der Waals surface area contributed by atoms with Crippen LogP contribution in [0.1, 0.15) is 18.9 Å². The van der Waals surface area contributed by atoms with Gasteiger partial charge in [-0.05, 0) is 19.5 Å². The summed E-state index contributed by atoms with van der Waals surface area (Å²) >= 11 is 0. The average molecular weight is 267 g/mol. The molecule has 0 saturated heterocycles. The predicted octanol–water partition coefficient (Wildman–Crippen LogP) is 2.23. The van der Waals surface area contributed by atoms with E-state index in [-0.39, 0.29) is 0 Å². The lowest BCUT2D eigenvalue weighted by atomic mass is 10.2. The summed E-state index contributed by atoms with van der Waals surface area (Å²) in [5, 5.41) is 3.13. The highest BCUT2D eigenvalue weighted by Gasteiger charge is 2.01. The lowest BCUT2D eigenvalue weighted by Crippen LogP contribution is -2.12. The molecule has 0 aromatic heterocycles. The molecular weight excluding hydrogens is 242 g/mol. The van der Waals surface area contributed by atoms with Crippen LogP contribution >= 0.6 is 0 Å². The van der Waals surface area contributed by atoms with Crippen molar-refractivity contribution in [2.24, 2.45) is 0 Å². The van der Waals surface area contributed by atoms with E-state index in [1.807, 2.05) is 25.2 Å². The Hall–Kier alpha value is -1.10. The van der Waals surface area contributed by atoms with Gasteiger partial charge in [0.05, 0.1) is 19.8 Å². The number of ether oxygens (including phenoxy) is 3. The summed E-state index contributed by atoms with van der Waals surface area (Å²) in [4.78, 5) is 0. The topological polar surface area (TPSA) is 39.7 Å². The highest BCUT2D eigenvalue weighted by molar-refractivity contribution is 5.33. The normalized spacial score (nSPS) is 10.6. The van der Waals surface area contributed by atoms with E-state index >= 15 is 0 Å². The number of rotatable bonds is 11. The zero-order valence-electron chi connectivity index (χ0n) is 12.0. The lowest BCUT2D eigenvalue weighted by Gasteiger charge is -2.11. The van der Waals surface area contributed by atoms with Crippen LogP contribution in [0.4, 0.5) is 0 Å². The molecule has 108 valence electrons. The summed E-state index contributed by atoms with van der Waals surface area (Å²) in [7, 11) is 1.93. The first-order valence-corrected chi connectivity index (χ1v) is 6.89. The van der Waals surface area contributed by atoms with Crippen LogP contribution in [0.25, 0.3) is 0 Å². The zero-order chi connectivity index (χ0) is 13.8. The molecule has 0 aliphatic carbocycles. The molecule has 0 bridgehead atoms. The van der Waals surface area contributed by atoms with Gasteiger partial charge < -0.3 is 19.5 Å². The molecule has 0 fully saturated rings. The van der Waals surface area contributed by atoms with Gasteiger partial charge in [-0.3, -0.25) is 0 Å². The maximum absolute atomic E-state index is 5.71. The fourth-order valence-corrected chi connectivity index (χ4v) is 1.66. The molecule has 0 radical (unpaired) electrons. The van der Waals surface area contributed by atoms with Crippen molar-refractivity contribution >= 4 is 0 Å². The van der Waals surface area contributed by atoms with E-state index in [4.69, 9.17) is 14.2 Å². The first kappa shape index (κ1) is 16.0. The molecule has 0 aliphatic rings. The summed E-state index contributed by atoms with van der Waals surface area (Å²) in [5.41, 5.74) is 1.16. The van der Waals surface area contributed by atoms with Gasteiger partial charge >= 0.3 is 0 Å². The van der Waals surface area contributed by atoms with Crippen molar-refractivity contribution in [2.45, 2.75) is 19.9 Å². The molecule has 1 aromatic rings. The third-order valence-electron chi connectivity index (χ3n) is 2.55. The number of hydrogen-bond acceptors (Lipinski definition) is 4. The summed E-state index contributed by atoms with van der Waals surface area (Å²) in [5.74, 6) is 0.919. The molecule has 0 atom stereocenters. The Morgan fingerprint density at radius 2 is 1.63 bits per heavy atom. The van der Waals surface area contributed by atoms with E-state index < -0.39 is 0 Å². The van der Waals surface area contributed by atoms with E-state index in [0.29, 0.717) is 26.4 Å². The van der Waals surface area contributed by atoms with Crippen molar-refractivity contribution in [3.63, 3.8) is 0 Å². The third-order valence-corrected chi connectivity index (χ3v) is 2.55. The first-order valence-electron chi connectivity index (χ1n) is 6.89. The minimum atomic E-state index is 0.564. The van der Waals surface area contributed by atoms with E-state index in [1.54, 1.807) is 0 Å². The van der Waals surface area contributed by atoms with Crippen LogP contribution in [0.3, 0.4) is 0 Å².